The Balaban J connectivity index is 1.77. The zero-order valence-electron chi connectivity index (χ0n) is 18.4. The molecule has 2 heterocycles. The maximum absolute atomic E-state index is 12.8. The first-order chi connectivity index (χ1) is 15.8. The summed E-state index contributed by atoms with van der Waals surface area (Å²) in [5, 5.41) is -0.329. The van der Waals surface area contributed by atoms with Crippen LogP contribution in [0.25, 0.3) is 6.08 Å². The molecule has 3 rings (SSSR count). The number of nitrogens with zero attached hydrogens (tertiary/aromatic N) is 2. The summed E-state index contributed by atoms with van der Waals surface area (Å²) in [6.45, 7) is 4.69. The van der Waals surface area contributed by atoms with Gasteiger partial charge in [0, 0.05) is 13.1 Å². The van der Waals surface area contributed by atoms with Crippen molar-refractivity contribution >= 4 is 52.5 Å². The van der Waals surface area contributed by atoms with Gasteiger partial charge in [-0.3, -0.25) is 19.3 Å². The molecule has 0 radical (unpaired) electrons. The number of rotatable bonds is 9. The minimum Gasteiger partial charge on any atom is -0.490 e. The summed E-state index contributed by atoms with van der Waals surface area (Å²) in [6, 6.07) is 3.13. The number of esters is 1. The lowest BCUT2D eigenvalue weighted by Crippen LogP contribution is -2.40. The number of likely N-dealkylation sites (tertiary alicyclic amines) is 1. The minimum atomic E-state index is -0.544. The Bertz CT molecular complexity index is 976. The quantitative estimate of drug-likeness (QED) is 0.379. The highest BCUT2D eigenvalue weighted by Gasteiger charge is 2.37. The van der Waals surface area contributed by atoms with Gasteiger partial charge in [-0.25, -0.2) is 4.79 Å². The number of ether oxygens (including phenoxy) is 3. The van der Waals surface area contributed by atoms with Crippen LogP contribution >= 0.6 is 23.4 Å². The molecule has 178 valence electrons. The molecule has 0 atom stereocenters. The van der Waals surface area contributed by atoms with Crippen LogP contribution in [0.1, 0.15) is 32.3 Å². The highest BCUT2D eigenvalue weighted by Crippen LogP contribution is 2.39. The first-order valence-corrected chi connectivity index (χ1v) is 11.8. The van der Waals surface area contributed by atoms with Crippen LogP contribution < -0.4 is 9.47 Å². The van der Waals surface area contributed by atoms with Crippen LogP contribution in [0.4, 0.5) is 4.79 Å². The smallest absolute Gasteiger partial charge is 0.344 e. The molecule has 1 aromatic rings. The molecule has 0 bridgehead atoms. The summed E-state index contributed by atoms with van der Waals surface area (Å²) in [4.78, 5) is 51.9. The van der Waals surface area contributed by atoms with Crippen LogP contribution in [0.15, 0.2) is 17.0 Å². The van der Waals surface area contributed by atoms with Gasteiger partial charge in [0.15, 0.2) is 18.1 Å². The summed E-state index contributed by atoms with van der Waals surface area (Å²) in [5.41, 5.74) is 0.503. The lowest BCUT2D eigenvalue weighted by atomic mass is 10.1. The van der Waals surface area contributed by atoms with Crippen molar-refractivity contribution in [1.82, 2.24) is 9.80 Å². The van der Waals surface area contributed by atoms with Crippen molar-refractivity contribution in [2.75, 3.05) is 39.5 Å². The van der Waals surface area contributed by atoms with E-state index in [4.69, 9.17) is 25.8 Å². The summed E-state index contributed by atoms with van der Waals surface area (Å²) >= 11 is 7.11. The van der Waals surface area contributed by atoms with Gasteiger partial charge in [0.05, 0.1) is 23.1 Å². The average molecular weight is 497 g/mol. The summed E-state index contributed by atoms with van der Waals surface area (Å²) in [7, 11) is 0. The van der Waals surface area contributed by atoms with Crippen molar-refractivity contribution in [3.63, 3.8) is 0 Å². The average Bonchev–Trinajstić information content (AvgIpc) is 3.39. The third-order valence-electron chi connectivity index (χ3n) is 4.89. The molecule has 0 unspecified atom stereocenters. The Labute approximate surface area is 201 Å². The highest BCUT2D eigenvalue weighted by molar-refractivity contribution is 8.18. The third kappa shape index (κ3) is 6.20. The second kappa shape index (κ2) is 11.4. The monoisotopic (exact) mass is 496 g/mol. The van der Waals surface area contributed by atoms with E-state index in [0.29, 0.717) is 25.3 Å². The molecular formula is C22H25ClN2O7S. The van der Waals surface area contributed by atoms with Gasteiger partial charge in [-0.2, -0.15) is 0 Å². The SMILES string of the molecule is CCOC(=O)COc1c(Cl)cc(/C=C2/SC(=O)N(CC(=O)N3CCCC3)C2=O)cc1OCC. The van der Waals surface area contributed by atoms with Gasteiger partial charge >= 0.3 is 5.97 Å². The number of amides is 3. The van der Waals surface area contributed by atoms with E-state index in [9.17, 15) is 19.2 Å². The van der Waals surface area contributed by atoms with Crippen molar-refractivity contribution in [3.8, 4) is 11.5 Å². The molecule has 3 amide bonds. The van der Waals surface area contributed by atoms with Crippen molar-refractivity contribution in [3.05, 3.63) is 27.6 Å². The molecular weight excluding hydrogens is 472 g/mol. The lowest BCUT2D eigenvalue weighted by molar-refractivity contribution is -0.145. The van der Waals surface area contributed by atoms with E-state index in [0.717, 1.165) is 29.5 Å². The summed E-state index contributed by atoms with van der Waals surface area (Å²) < 4.78 is 15.9. The number of hydrogen-bond acceptors (Lipinski definition) is 8. The molecule has 0 aliphatic carbocycles. The van der Waals surface area contributed by atoms with E-state index in [-0.39, 0.29) is 47.1 Å². The first kappa shape index (κ1) is 24.9. The fourth-order valence-electron chi connectivity index (χ4n) is 3.40. The minimum absolute atomic E-state index is 0.167. The van der Waals surface area contributed by atoms with Crippen molar-refractivity contribution in [2.45, 2.75) is 26.7 Å². The molecule has 33 heavy (non-hydrogen) atoms. The first-order valence-electron chi connectivity index (χ1n) is 10.6. The van der Waals surface area contributed by atoms with Crippen molar-refractivity contribution < 1.29 is 33.4 Å². The van der Waals surface area contributed by atoms with E-state index in [1.165, 1.54) is 12.1 Å². The number of thioether (sulfide) groups is 1. The standard InChI is InChI=1S/C22H25ClN2O7S/c1-3-30-16-10-14(9-15(23)20(16)32-13-19(27)31-4-2)11-17-21(28)25(22(29)33-17)12-18(26)24-7-5-6-8-24/h9-11H,3-8,12-13H2,1-2H3/b17-11+. The van der Waals surface area contributed by atoms with Gasteiger partial charge in [0.1, 0.15) is 6.54 Å². The van der Waals surface area contributed by atoms with Crippen molar-refractivity contribution in [1.29, 1.82) is 0 Å². The largest absolute Gasteiger partial charge is 0.490 e. The van der Waals surface area contributed by atoms with Crippen LogP contribution in [-0.2, 0) is 19.1 Å². The van der Waals surface area contributed by atoms with Crippen LogP contribution in [0, 0.1) is 0 Å². The van der Waals surface area contributed by atoms with E-state index in [1.807, 2.05) is 0 Å². The zero-order chi connectivity index (χ0) is 24.0. The Morgan fingerprint density at radius 2 is 1.85 bits per heavy atom. The van der Waals surface area contributed by atoms with Gasteiger partial charge in [0.25, 0.3) is 11.1 Å². The molecule has 2 aliphatic rings. The van der Waals surface area contributed by atoms with Crippen molar-refractivity contribution in [2.24, 2.45) is 0 Å². The van der Waals surface area contributed by atoms with Crippen LogP contribution in [-0.4, -0.2) is 72.3 Å². The number of hydrogen-bond donors (Lipinski definition) is 0. The second-order valence-electron chi connectivity index (χ2n) is 7.21. The summed E-state index contributed by atoms with van der Waals surface area (Å²) in [5.74, 6) is -0.857. The third-order valence-corrected chi connectivity index (χ3v) is 6.08. The summed E-state index contributed by atoms with van der Waals surface area (Å²) in [6.07, 6.45) is 3.36. The Morgan fingerprint density at radius 3 is 2.52 bits per heavy atom. The molecule has 11 heteroatoms. The fourth-order valence-corrected chi connectivity index (χ4v) is 4.51. The van der Waals surface area contributed by atoms with Crippen LogP contribution in [0.3, 0.4) is 0 Å². The molecule has 0 N–H and O–H groups in total. The van der Waals surface area contributed by atoms with Gasteiger partial charge in [-0.1, -0.05) is 11.6 Å². The van der Waals surface area contributed by atoms with Crippen LogP contribution in [0.2, 0.25) is 5.02 Å². The molecule has 2 aliphatic heterocycles. The Hall–Kier alpha value is -2.72. The second-order valence-corrected chi connectivity index (χ2v) is 8.61. The predicted molar refractivity (Wildman–Crippen MR) is 123 cm³/mol. The van der Waals surface area contributed by atoms with Gasteiger partial charge in [0.2, 0.25) is 5.91 Å². The topological polar surface area (TPSA) is 102 Å². The van der Waals surface area contributed by atoms with Gasteiger partial charge < -0.3 is 19.1 Å². The maximum atomic E-state index is 12.8. The molecule has 0 spiro atoms. The van der Waals surface area contributed by atoms with E-state index >= 15 is 0 Å². The molecule has 1 aromatic carbocycles. The zero-order valence-corrected chi connectivity index (χ0v) is 20.0. The highest BCUT2D eigenvalue weighted by atomic mass is 35.5. The fraction of sp³-hybridized carbons (Fsp3) is 0.455. The van der Waals surface area contributed by atoms with E-state index in [1.54, 1.807) is 24.8 Å². The normalized spacial score (nSPS) is 17.1. The molecule has 0 aromatic heterocycles. The number of carbonyl (C=O) groups excluding carboxylic acids is 4. The number of benzene rings is 1. The predicted octanol–water partition coefficient (Wildman–Crippen LogP) is 3.34. The number of halogens is 1. The molecule has 2 saturated heterocycles. The number of imide groups is 1. The Morgan fingerprint density at radius 1 is 1.12 bits per heavy atom. The molecule has 9 nitrogen and oxygen atoms in total. The van der Waals surface area contributed by atoms with E-state index < -0.39 is 17.1 Å². The van der Waals surface area contributed by atoms with Gasteiger partial charge in [-0.15, -0.1) is 0 Å². The maximum Gasteiger partial charge on any atom is 0.344 e. The Kier molecular flexibility index (Phi) is 8.62. The van der Waals surface area contributed by atoms with E-state index in [2.05, 4.69) is 0 Å². The molecule has 2 fully saturated rings. The number of carbonyl (C=O) groups is 4. The lowest BCUT2D eigenvalue weighted by Gasteiger charge is -2.18. The molecule has 0 saturated carbocycles. The van der Waals surface area contributed by atoms with Gasteiger partial charge in [-0.05, 0) is 62.2 Å². The van der Waals surface area contributed by atoms with Crippen LogP contribution in [0.5, 0.6) is 11.5 Å².